The third-order valence-electron chi connectivity index (χ3n) is 7.13. The zero-order chi connectivity index (χ0) is 26.3. The largest absolute Gasteiger partial charge is 0.482 e. The normalized spacial score (nSPS) is 16.1. The maximum absolute atomic E-state index is 11.5. The van der Waals surface area contributed by atoms with Crippen molar-refractivity contribution in [1.82, 2.24) is 25.2 Å². The van der Waals surface area contributed by atoms with Crippen LogP contribution >= 0.6 is 11.3 Å². The second kappa shape index (κ2) is 9.68. The fourth-order valence-electron chi connectivity index (χ4n) is 5.04. The second-order valence-electron chi connectivity index (χ2n) is 9.75. The number of hydrogen-bond acceptors (Lipinski definition) is 9. The van der Waals surface area contributed by atoms with Crippen molar-refractivity contribution in [2.24, 2.45) is 0 Å². The van der Waals surface area contributed by atoms with Gasteiger partial charge in [-0.2, -0.15) is 4.80 Å². The number of piperidine rings is 1. The molecule has 0 atom stereocenters. The van der Waals surface area contributed by atoms with E-state index >= 15 is 0 Å². The van der Waals surface area contributed by atoms with Crippen molar-refractivity contribution in [2.45, 2.75) is 38.8 Å². The number of esters is 1. The van der Waals surface area contributed by atoms with Crippen molar-refractivity contribution < 1.29 is 14.3 Å². The number of nitrogens with zero attached hydrogens (tertiary/aromatic N) is 6. The lowest BCUT2D eigenvalue weighted by Crippen LogP contribution is -2.48. The van der Waals surface area contributed by atoms with Crippen molar-refractivity contribution in [3.8, 4) is 16.5 Å². The first kappa shape index (κ1) is 24.3. The number of anilines is 1. The molecule has 1 spiro atoms. The quantitative estimate of drug-likeness (QED) is 0.351. The van der Waals surface area contributed by atoms with Crippen LogP contribution in [0.5, 0.6) is 5.75 Å². The first-order chi connectivity index (χ1) is 18.4. The fourth-order valence-corrected chi connectivity index (χ4v) is 5.93. The van der Waals surface area contributed by atoms with E-state index in [1.807, 2.05) is 6.07 Å². The molecule has 2 aromatic carbocycles. The molecule has 2 aliphatic rings. The minimum atomic E-state index is -0.427. The highest BCUT2D eigenvalue weighted by atomic mass is 32.1. The number of benzene rings is 2. The molecular weight excluding hydrogens is 500 g/mol. The molecule has 4 aromatic rings. The molecule has 6 rings (SSSR count). The van der Waals surface area contributed by atoms with Crippen molar-refractivity contribution in [2.75, 3.05) is 25.1 Å². The number of fused-ring (bicyclic) bond motifs is 1. The van der Waals surface area contributed by atoms with E-state index in [2.05, 4.69) is 86.4 Å². The Morgan fingerprint density at radius 2 is 1.95 bits per heavy atom. The van der Waals surface area contributed by atoms with Gasteiger partial charge in [0.2, 0.25) is 5.82 Å². The number of tetrazole rings is 1. The Morgan fingerprint density at radius 3 is 2.76 bits per heavy atom. The Kier molecular flexibility index (Phi) is 6.19. The zero-order valence-electron chi connectivity index (χ0n) is 21.5. The van der Waals surface area contributed by atoms with Gasteiger partial charge in [-0.25, -0.2) is 9.78 Å². The number of thiazole rings is 1. The van der Waals surface area contributed by atoms with Crippen LogP contribution in [0.1, 0.15) is 35.1 Å². The van der Waals surface area contributed by atoms with Crippen LogP contribution in [0, 0.1) is 13.8 Å². The van der Waals surface area contributed by atoms with Gasteiger partial charge in [-0.3, -0.25) is 0 Å². The summed E-state index contributed by atoms with van der Waals surface area (Å²) in [5, 5.41) is 13.2. The first-order valence-corrected chi connectivity index (χ1v) is 13.4. The summed E-state index contributed by atoms with van der Waals surface area (Å²) in [5.41, 5.74) is 5.80. The van der Waals surface area contributed by atoms with Crippen molar-refractivity contribution in [1.29, 1.82) is 0 Å². The molecule has 0 saturated carbocycles. The van der Waals surface area contributed by atoms with Crippen LogP contribution in [0.15, 0.2) is 54.7 Å². The summed E-state index contributed by atoms with van der Waals surface area (Å²) in [7, 11) is 1.33. The lowest BCUT2D eigenvalue weighted by atomic mass is 9.82. The van der Waals surface area contributed by atoms with Gasteiger partial charge >= 0.3 is 5.97 Å². The number of carbonyl (C=O) groups is 1. The number of hydrogen-bond donors (Lipinski definition) is 0. The second-order valence-corrected chi connectivity index (χ2v) is 10.8. The van der Waals surface area contributed by atoms with Crippen LogP contribution in [-0.4, -0.2) is 57.0 Å². The Labute approximate surface area is 224 Å². The molecule has 0 amide bonds. The van der Waals surface area contributed by atoms with Gasteiger partial charge in [0.1, 0.15) is 11.4 Å². The molecule has 9 nitrogen and oxygen atoms in total. The minimum absolute atomic E-state index is 0.0793. The topological polar surface area (TPSA) is 95.3 Å². The molecule has 0 radical (unpaired) electrons. The van der Waals surface area contributed by atoms with Crippen molar-refractivity contribution in [3.05, 3.63) is 77.0 Å². The monoisotopic (exact) mass is 528 g/mol. The van der Waals surface area contributed by atoms with E-state index < -0.39 is 5.97 Å². The Bertz CT molecular complexity index is 1530. The highest BCUT2D eigenvalue weighted by Gasteiger charge is 2.39. The average molecular weight is 529 g/mol. The number of aromatic nitrogens is 5. The molecule has 0 N–H and O–H groups in total. The summed E-state index contributed by atoms with van der Waals surface area (Å²) in [4.78, 5) is 20.4. The van der Waals surface area contributed by atoms with Crippen LogP contribution in [-0.2, 0) is 16.1 Å². The summed E-state index contributed by atoms with van der Waals surface area (Å²) in [5.74, 6) is 0.958. The Hall–Kier alpha value is -4.05. The SMILES string of the molecule is COC(=O)Cn1nnc(-c2cnc(N3CCC4(C=C(c5cc(C)ccc5C)c5ccccc5O4)CC3)s2)n1. The summed E-state index contributed by atoms with van der Waals surface area (Å²) in [6.45, 7) is 5.86. The molecule has 2 aliphatic heterocycles. The third kappa shape index (κ3) is 4.56. The van der Waals surface area contributed by atoms with E-state index in [0.29, 0.717) is 5.82 Å². The van der Waals surface area contributed by atoms with Gasteiger partial charge < -0.3 is 14.4 Å². The molecule has 10 heteroatoms. The third-order valence-corrected chi connectivity index (χ3v) is 8.18. The molecule has 0 unspecified atom stereocenters. The van der Waals surface area contributed by atoms with Crippen LogP contribution in [0.3, 0.4) is 0 Å². The number of rotatable bonds is 5. The highest BCUT2D eigenvalue weighted by molar-refractivity contribution is 7.18. The number of methoxy groups -OCH3 is 1. The number of ether oxygens (including phenoxy) is 2. The zero-order valence-corrected chi connectivity index (χ0v) is 22.4. The maximum atomic E-state index is 11.5. The summed E-state index contributed by atoms with van der Waals surface area (Å²) < 4.78 is 11.4. The summed E-state index contributed by atoms with van der Waals surface area (Å²) >= 11 is 1.52. The molecule has 4 heterocycles. The summed E-state index contributed by atoms with van der Waals surface area (Å²) in [6, 6.07) is 15.0. The van der Waals surface area contributed by atoms with E-state index in [-0.39, 0.29) is 12.1 Å². The van der Waals surface area contributed by atoms with Gasteiger partial charge in [-0.05, 0) is 47.9 Å². The number of carbonyl (C=O) groups excluding carboxylic acids is 1. The molecule has 0 aliphatic carbocycles. The van der Waals surface area contributed by atoms with Gasteiger partial charge in [-0.1, -0.05) is 53.3 Å². The molecule has 1 fully saturated rings. The molecule has 194 valence electrons. The predicted molar refractivity (Wildman–Crippen MR) is 145 cm³/mol. The van der Waals surface area contributed by atoms with E-state index in [1.54, 1.807) is 6.20 Å². The average Bonchev–Trinajstić information content (AvgIpc) is 3.60. The van der Waals surface area contributed by atoms with Crippen LogP contribution in [0.4, 0.5) is 5.13 Å². The van der Waals surface area contributed by atoms with Gasteiger partial charge in [-0.15, -0.1) is 10.2 Å². The highest BCUT2D eigenvalue weighted by Crippen LogP contribution is 2.44. The van der Waals surface area contributed by atoms with E-state index in [1.165, 1.54) is 45.5 Å². The molecular formula is C28H28N6O3S. The minimum Gasteiger partial charge on any atom is -0.482 e. The molecule has 0 bridgehead atoms. The van der Waals surface area contributed by atoms with Crippen molar-refractivity contribution >= 4 is 28.0 Å². The fraction of sp³-hybridized carbons (Fsp3) is 0.321. The van der Waals surface area contributed by atoms with Gasteiger partial charge in [0.15, 0.2) is 11.7 Å². The molecule has 2 aromatic heterocycles. The smallest absolute Gasteiger partial charge is 0.329 e. The number of aryl methyl sites for hydroxylation is 2. The van der Waals surface area contributed by atoms with Crippen LogP contribution < -0.4 is 9.64 Å². The Balaban J connectivity index is 1.22. The molecule has 38 heavy (non-hydrogen) atoms. The van der Waals surface area contributed by atoms with E-state index in [0.717, 1.165) is 47.3 Å². The predicted octanol–water partition coefficient (Wildman–Crippen LogP) is 4.45. The van der Waals surface area contributed by atoms with Crippen LogP contribution in [0.25, 0.3) is 16.3 Å². The van der Waals surface area contributed by atoms with Crippen molar-refractivity contribution in [3.63, 3.8) is 0 Å². The lowest BCUT2D eigenvalue weighted by Gasteiger charge is -2.43. The lowest BCUT2D eigenvalue weighted by molar-refractivity contribution is -0.141. The van der Waals surface area contributed by atoms with Gasteiger partial charge in [0.05, 0.1) is 18.2 Å². The number of para-hydroxylation sites is 1. The van der Waals surface area contributed by atoms with E-state index in [4.69, 9.17) is 4.74 Å². The van der Waals surface area contributed by atoms with Crippen LogP contribution in [0.2, 0.25) is 0 Å². The standard InChI is InChI=1S/C28H28N6O3S/c1-18-8-9-19(2)21(14-18)22-15-28(37-23-7-5-4-6-20(22)23)10-12-33(13-11-28)27-29-16-24(38-27)26-30-32-34(31-26)17-25(35)36-3/h4-9,14-16H,10-13,17H2,1-3H3. The molecule has 1 saturated heterocycles. The first-order valence-electron chi connectivity index (χ1n) is 12.6. The van der Waals surface area contributed by atoms with Gasteiger partial charge in [0, 0.05) is 31.5 Å². The summed E-state index contributed by atoms with van der Waals surface area (Å²) in [6.07, 6.45) is 5.80. The Morgan fingerprint density at radius 1 is 1.13 bits per heavy atom. The van der Waals surface area contributed by atoms with E-state index in [9.17, 15) is 4.79 Å². The maximum Gasteiger partial charge on any atom is 0.329 e. The van der Waals surface area contributed by atoms with Gasteiger partial charge in [0.25, 0.3) is 0 Å².